The number of aromatic nitrogens is 9. The molecule has 11 aromatic rings. The van der Waals surface area contributed by atoms with Crippen LogP contribution in [0.2, 0.25) is 0 Å². The normalized spacial score (nSPS) is 15.4. The second-order valence-corrected chi connectivity index (χ2v) is 30.7. The largest absolute Gasteiger partial charge is 0.497 e. The summed E-state index contributed by atoms with van der Waals surface area (Å²) in [6.07, 6.45) is 10.5. The third-order valence-corrected chi connectivity index (χ3v) is 21.7. The predicted molar refractivity (Wildman–Crippen MR) is 460 cm³/mol. The molecule has 0 bridgehead atoms. The molecule has 5 fully saturated rings. The van der Waals surface area contributed by atoms with Crippen LogP contribution in [-0.2, 0) is 30.1 Å². The minimum Gasteiger partial charge on any atom is -0.497 e. The first-order valence-corrected chi connectivity index (χ1v) is 41.3. The number of H-pyrrole nitrogens is 2. The van der Waals surface area contributed by atoms with Crippen molar-refractivity contribution in [2.45, 2.75) is 143 Å². The molecule has 31 heteroatoms. The number of aliphatic carboxylic acids is 1. The van der Waals surface area contributed by atoms with E-state index in [4.69, 9.17) is 52.7 Å². The van der Waals surface area contributed by atoms with Gasteiger partial charge in [-0.05, 0) is 260 Å². The molecule has 3 aromatic heterocycles. The molecular weight excluding hydrogens is 1570 g/mol. The predicted octanol–water partition coefficient (Wildman–Crippen LogP) is 18.0. The number of rotatable bonds is 22. The van der Waals surface area contributed by atoms with E-state index >= 15 is 0 Å². The number of carboxylic acids is 2. The number of alkyl halides is 3. The standard InChI is InChI=1S/C30H32N4O4.C22H24N4O3.C20H20N4O3.C17H26BNO2.C2HF3O2/c1-3-37-30(35)28-29(34(32-31-28)21-22-7-15-26(36-2)16-8-22)38-27-17-11-24(12-18-27)23-9-13-25(14-10-23)33-19-5-4-6-20-33;1-2-28-22(27)20-21(24-25-23-20)29-19-12-8-17(9-13-19)16-6-10-18(11-7-16)26-14-4-3-5-15-26;25-20(26)18-19(22-23-21-18)27-17-10-6-15(7-11-17)14-4-8-16(9-5-14)24-12-2-1-3-13-24;1-16(2)17(3,4)21-18(20-16)14-8-10-15(11-9-14)19-12-6-5-7-13-19;3-2(4,5)1(6)7/h7-18H,3-6,19-21H2,1-2H3;6-13H,2-5,14-15H2,1H3,(H,23,24,25);4-11H,1-3,12-13H2,(H,25,26)(H,21,22,23);8-11H,5-7,12-13H2,1-4H3;(H,6,7). The number of hydrogen-bond donors (Lipinski definition) is 4. The lowest BCUT2D eigenvalue weighted by Crippen LogP contribution is -2.41. The highest BCUT2D eigenvalue weighted by Gasteiger charge is 2.52. The molecular formula is C91H103BF3N13O14. The van der Waals surface area contributed by atoms with Crippen molar-refractivity contribution < 1.29 is 80.3 Å². The van der Waals surface area contributed by atoms with Gasteiger partial charge in [-0.25, -0.2) is 34.1 Å². The molecule has 5 aliphatic heterocycles. The molecule has 0 spiro atoms. The summed E-state index contributed by atoms with van der Waals surface area (Å²) >= 11 is 0. The third kappa shape index (κ3) is 23.9. The lowest BCUT2D eigenvalue weighted by Gasteiger charge is -2.32. The Morgan fingerprint density at radius 1 is 0.434 bits per heavy atom. The second-order valence-electron chi connectivity index (χ2n) is 30.7. The van der Waals surface area contributed by atoms with E-state index in [9.17, 15) is 27.6 Å². The van der Waals surface area contributed by atoms with E-state index in [1.165, 1.54) is 113 Å². The minimum absolute atomic E-state index is 0.0396. The highest BCUT2D eigenvalue weighted by atomic mass is 19.4. The van der Waals surface area contributed by atoms with Gasteiger partial charge in [0.15, 0.2) is 0 Å². The SMILES string of the molecule is CC1(C)OB(c2ccc(N3CCCCC3)cc2)OC1(C)C.CCOC(=O)c1[nH]nnc1Oc1ccc(-c2ccc(N3CCCCC3)cc2)cc1.CCOC(=O)c1nnn(Cc2ccc(OC)cc2)c1Oc1ccc(-c2ccc(N3CCCCC3)cc2)cc1.O=C(O)C(F)(F)F.O=C(O)c1[nH]nnc1Oc1ccc(-c2ccc(N3CCCCC3)cc2)cc1. The van der Waals surface area contributed by atoms with Gasteiger partial charge in [-0.3, -0.25) is 0 Å². The number of anilines is 4. The van der Waals surface area contributed by atoms with Crippen molar-refractivity contribution in [1.82, 2.24) is 45.8 Å². The van der Waals surface area contributed by atoms with Gasteiger partial charge in [0.1, 0.15) is 23.0 Å². The molecule has 0 unspecified atom stereocenters. The van der Waals surface area contributed by atoms with Crippen LogP contribution >= 0.6 is 0 Å². The summed E-state index contributed by atoms with van der Waals surface area (Å²) in [7, 11) is 1.37. The Balaban J connectivity index is 0.000000147. The molecule has 5 saturated heterocycles. The van der Waals surface area contributed by atoms with Crippen molar-refractivity contribution in [3.63, 3.8) is 0 Å². The molecule has 0 saturated carbocycles. The van der Waals surface area contributed by atoms with Gasteiger partial charge in [0, 0.05) is 75.1 Å². The minimum atomic E-state index is -5.08. The fourth-order valence-corrected chi connectivity index (χ4v) is 14.3. The van der Waals surface area contributed by atoms with Crippen LogP contribution < -0.4 is 44.0 Å². The second kappa shape index (κ2) is 42.0. The number of carboxylic acid groups (broad SMARTS) is 2. The Labute approximate surface area is 707 Å². The topological polar surface area (TPSA) is 309 Å². The molecule has 16 rings (SSSR count). The zero-order chi connectivity index (χ0) is 86.2. The van der Waals surface area contributed by atoms with Crippen LogP contribution in [0.15, 0.2) is 194 Å². The molecule has 27 nitrogen and oxygen atoms in total. The van der Waals surface area contributed by atoms with E-state index in [-0.39, 0.29) is 66.3 Å². The van der Waals surface area contributed by atoms with E-state index in [0.717, 1.165) is 89.4 Å². The summed E-state index contributed by atoms with van der Waals surface area (Å²) in [5, 5.41) is 43.8. The van der Waals surface area contributed by atoms with Crippen molar-refractivity contribution in [3.8, 4) is 74.0 Å². The summed E-state index contributed by atoms with van der Waals surface area (Å²) in [6, 6.07) is 65.1. The van der Waals surface area contributed by atoms with E-state index < -0.39 is 30.1 Å². The van der Waals surface area contributed by atoms with Gasteiger partial charge in [0.05, 0.1) is 38.1 Å². The number of benzene rings is 8. The first-order valence-electron chi connectivity index (χ1n) is 41.3. The molecule has 5 aliphatic rings. The van der Waals surface area contributed by atoms with Crippen molar-refractivity contribution in [1.29, 1.82) is 0 Å². The quantitative estimate of drug-likeness (QED) is 0.0362. The third-order valence-electron chi connectivity index (χ3n) is 21.7. The van der Waals surface area contributed by atoms with Gasteiger partial charge in [-0.2, -0.15) is 13.2 Å². The molecule has 0 aliphatic carbocycles. The molecule has 122 heavy (non-hydrogen) atoms. The average molecular weight is 1670 g/mol. The van der Waals surface area contributed by atoms with E-state index in [1.807, 2.05) is 84.9 Å². The lowest BCUT2D eigenvalue weighted by molar-refractivity contribution is -0.192. The molecule has 4 N–H and O–H groups in total. The van der Waals surface area contributed by atoms with Crippen LogP contribution in [0, 0.1) is 0 Å². The molecule has 0 radical (unpaired) electrons. The van der Waals surface area contributed by atoms with Gasteiger partial charge in [-0.1, -0.05) is 123 Å². The number of esters is 2. The Hall–Kier alpha value is -12.8. The molecule has 8 aromatic carbocycles. The number of hydrogen-bond acceptors (Lipinski definition) is 22. The maximum atomic E-state index is 12.5. The van der Waals surface area contributed by atoms with E-state index in [1.54, 1.807) is 37.8 Å². The number of nitrogens with zero attached hydrogens (tertiary/aromatic N) is 11. The van der Waals surface area contributed by atoms with Gasteiger partial charge < -0.3 is 67.5 Å². The molecule has 0 atom stereocenters. The Bertz CT molecular complexity index is 5140. The molecule has 640 valence electrons. The molecule has 8 heterocycles. The number of aromatic carboxylic acids is 1. The highest BCUT2D eigenvalue weighted by Crippen LogP contribution is 2.38. The maximum Gasteiger partial charge on any atom is 0.494 e. The van der Waals surface area contributed by atoms with Crippen molar-refractivity contribution in [2.75, 3.05) is 92.3 Å². The highest BCUT2D eigenvalue weighted by molar-refractivity contribution is 6.62. The van der Waals surface area contributed by atoms with Crippen molar-refractivity contribution in [3.05, 3.63) is 217 Å². The monoisotopic (exact) mass is 1670 g/mol. The zero-order valence-corrected chi connectivity index (χ0v) is 69.7. The number of carbonyl (C=O) groups excluding carboxylic acids is 2. The lowest BCUT2D eigenvalue weighted by atomic mass is 9.79. The first kappa shape index (κ1) is 88.5. The summed E-state index contributed by atoms with van der Waals surface area (Å²) in [4.78, 5) is 54.2. The van der Waals surface area contributed by atoms with Crippen molar-refractivity contribution in [2.24, 2.45) is 0 Å². The fourth-order valence-electron chi connectivity index (χ4n) is 14.3. The van der Waals surface area contributed by atoms with Crippen LogP contribution in [0.4, 0.5) is 35.9 Å². The van der Waals surface area contributed by atoms with Crippen LogP contribution in [-0.4, -0.2) is 177 Å². The van der Waals surface area contributed by atoms with Crippen LogP contribution in [0.1, 0.15) is 156 Å². The number of aromatic amines is 2. The number of methoxy groups -OCH3 is 1. The summed E-state index contributed by atoms with van der Waals surface area (Å²) in [5.41, 5.74) is 13.3. The maximum absolute atomic E-state index is 12.5. The Morgan fingerprint density at radius 3 is 1.10 bits per heavy atom. The van der Waals surface area contributed by atoms with Gasteiger partial charge >= 0.3 is 37.2 Å². The fraction of sp³-hybridized carbons (Fsp3) is 0.363. The Kier molecular flexibility index (Phi) is 30.4. The number of nitrogens with one attached hydrogen (secondary N) is 2. The van der Waals surface area contributed by atoms with Crippen LogP contribution in [0.5, 0.6) is 40.6 Å². The smallest absolute Gasteiger partial charge is 0.494 e. The number of ether oxygens (including phenoxy) is 6. The summed E-state index contributed by atoms with van der Waals surface area (Å²) in [5.74, 6) is -2.36. The van der Waals surface area contributed by atoms with Crippen LogP contribution in [0.25, 0.3) is 33.4 Å². The van der Waals surface area contributed by atoms with Gasteiger partial charge in [-0.15, -0.1) is 5.10 Å². The van der Waals surface area contributed by atoms with E-state index in [0.29, 0.717) is 23.8 Å². The van der Waals surface area contributed by atoms with Crippen molar-refractivity contribution >= 4 is 59.2 Å². The number of halogens is 3. The van der Waals surface area contributed by atoms with E-state index in [2.05, 4.69) is 185 Å². The first-order chi connectivity index (χ1) is 58.9. The van der Waals surface area contributed by atoms with Gasteiger partial charge in [0.25, 0.3) is 17.6 Å². The summed E-state index contributed by atoms with van der Waals surface area (Å²) < 4.78 is 78.2. The summed E-state index contributed by atoms with van der Waals surface area (Å²) in [6.45, 7) is 21.9. The van der Waals surface area contributed by atoms with Crippen LogP contribution in [0.3, 0.4) is 0 Å². The zero-order valence-electron chi connectivity index (χ0n) is 69.7. The van der Waals surface area contributed by atoms with Gasteiger partial charge in [0.2, 0.25) is 17.1 Å². The molecule has 0 amide bonds. The Morgan fingerprint density at radius 2 is 0.754 bits per heavy atom. The number of piperidine rings is 4. The average Bonchev–Trinajstić information content (AvgIpc) is 1.61. The number of carbonyl (C=O) groups is 4.